The van der Waals surface area contributed by atoms with Gasteiger partial charge in [0.05, 0.1) is 13.2 Å². The first-order valence-electron chi connectivity index (χ1n) is 3.65. The Hall–Kier alpha value is -0.480. The number of rotatable bonds is 1. The summed E-state index contributed by atoms with van der Waals surface area (Å²) in [5.41, 5.74) is 0. The second-order valence-corrected chi connectivity index (χ2v) is 3.60. The van der Waals surface area contributed by atoms with Gasteiger partial charge in [0.1, 0.15) is 12.1 Å². The van der Waals surface area contributed by atoms with Gasteiger partial charge < -0.3 is 9.84 Å². The fraction of sp³-hybridized carbons (Fsp3) is 0.571. The lowest BCUT2D eigenvalue weighted by Crippen LogP contribution is -2.35. The molecule has 2 aliphatic rings. The molecule has 4 nitrogen and oxygen atoms in total. The molecule has 1 N–H and O–H groups in total. The maximum atomic E-state index is 9.44. The molecule has 0 aromatic rings. The van der Waals surface area contributed by atoms with Gasteiger partial charge in [-0.2, -0.15) is 5.01 Å². The van der Waals surface area contributed by atoms with Crippen LogP contribution in [0.15, 0.2) is 15.8 Å². The molecule has 0 saturated carbocycles. The van der Waals surface area contributed by atoms with Gasteiger partial charge in [0.25, 0.3) is 10.7 Å². The summed E-state index contributed by atoms with van der Waals surface area (Å²) in [7, 11) is 0. The van der Waals surface area contributed by atoms with Gasteiger partial charge in [0.15, 0.2) is 6.20 Å². The Morgan fingerprint density at radius 3 is 3.08 bits per heavy atom. The van der Waals surface area contributed by atoms with Crippen molar-refractivity contribution < 1.29 is 9.84 Å². The molecular formula is C7H8BrN2O2+. The van der Waals surface area contributed by atoms with Gasteiger partial charge in [0.2, 0.25) is 0 Å². The number of hydrogen-bond donors (Lipinski definition) is 1. The standard InChI is InChI=1S/C7H8BrN2O2/c8-5-1-9-10(2-5)6-3-12-4-7(6)11/h2,6-7,11H,3-4H2/q+1/t6-,7+/m0/s1. The van der Waals surface area contributed by atoms with Crippen LogP contribution in [0.25, 0.3) is 0 Å². The Balaban J connectivity index is 2.06. The first kappa shape index (κ1) is 8.13. The molecule has 0 aliphatic carbocycles. The molecule has 12 heavy (non-hydrogen) atoms. The minimum absolute atomic E-state index is 0.0625. The van der Waals surface area contributed by atoms with Crippen molar-refractivity contribution in [2.24, 2.45) is 5.10 Å². The summed E-state index contributed by atoms with van der Waals surface area (Å²) >= 11 is 3.24. The Labute approximate surface area is 78.6 Å². The Morgan fingerprint density at radius 1 is 1.75 bits per heavy atom. The van der Waals surface area contributed by atoms with E-state index in [1.54, 1.807) is 11.2 Å². The van der Waals surface area contributed by atoms with E-state index < -0.39 is 6.10 Å². The summed E-state index contributed by atoms with van der Waals surface area (Å²) in [6, 6.07) is -0.0625. The van der Waals surface area contributed by atoms with Gasteiger partial charge in [-0.15, -0.1) is 0 Å². The van der Waals surface area contributed by atoms with E-state index >= 15 is 0 Å². The van der Waals surface area contributed by atoms with E-state index in [2.05, 4.69) is 27.2 Å². The van der Waals surface area contributed by atoms with Gasteiger partial charge >= 0.3 is 0 Å². The van der Waals surface area contributed by atoms with E-state index in [1.807, 2.05) is 0 Å². The molecule has 0 amide bonds. The van der Waals surface area contributed by atoms with Crippen molar-refractivity contribution >= 4 is 22.1 Å². The summed E-state index contributed by atoms with van der Waals surface area (Å²) < 4.78 is 5.89. The van der Waals surface area contributed by atoms with Crippen molar-refractivity contribution in [3.05, 3.63) is 10.7 Å². The summed E-state index contributed by atoms with van der Waals surface area (Å²) in [6.45, 7) is 0.908. The molecule has 1 fully saturated rings. The van der Waals surface area contributed by atoms with Crippen LogP contribution in [0, 0.1) is 0 Å². The molecule has 2 rings (SSSR count). The van der Waals surface area contributed by atoms with Gasteiger partial charge in [-0.05, 0) is 0 Å². The van der Waals surface area contributed by atoms with Crippen LogP contribution in [0.4, 0.5) is 0 Å². The Morgan fingerprint density at radius 2 is 2.58 bits per heavy atom. The van der Waals surface area contributed by atoms with Crippen LogP contribution in [-0.4, -0.2) is 41.7 Å². The fourth-order valence-corrected chi connectivity index (χ4v) is 1.52. The van der Waals surface area contributed by atoms with E-state index in [1.165, 1.54) is 0 Å². The van der Waals surface area contributed by atoms with E-state index in [4.69, 9.17) is 4.74 Å². The van der Waals surface area contributed by atoms with Crippen LogP contribution >= 0.6 is 15.9 Å². The molecule has 0 spiro atoms. The summed E-state index contributed by atoms with van der Waals surface area (Å²) in [5, 5.41) is 15.1. The number of halogens is 1. The molecule has 0 radical (unpaired) electrons. The van der Waals surface area contributed by atoms with E-state index in [9.17, 15) is 5.11 Å². The molecule has 0 unspecified atom stereocenters. The average Bonchev–Trinajstić information content (AvgIpc) is 2.58. The van der Waals surface area contributed by atoms with Crippen LogP contribution in [0.2, 0.25) is 0 Å². The molecule has 1 saturated heterocycles. The molecule has 64 valence electrons. The molecule has 2 aliphatic heterocycles. The number of allylic oxidation sites excluding steroid dienone is 1. The van der Waals surface area contributed by atoms with Gasteiger partial charge in [0, 0.05) is 21.0 Å². The quantitative estimate of drug-likeness (QED) is 0.655. The highest BCUT2D eigenvalue weighted by Gasteiger charge is 2.36. The van der Waals surface area contributed by atoms with E-state index in [0.29, 0.717) is 13.2 Å². The molecule has 2 atom stereocenters. The lowest BCUT2D eigenvalue weighted by molar-refractivity contribution is 0.105. The second kappa shape index (κ2) is 3.11. The van der Waals surface area contributed by atoms with E-state index in [0.717, 1.165) is 4.48 Å². The number of aliphatic hydroxyl groups excluding tert-OH is 1. The first-order chi connectivity index (χ1) is 5.77. The van der Waals surface area contributed by atoms with Crippen LogP contribution in [-0.2, 0) is 4.74 Å². The lowest BCUT2D eigenvalue weighted by Gasteiger charge is -2.14. The SMILES string of the molecule is O[C@@H]1COC[C@@H]1N1C=C(Br)[C+]=N1. The monoisotopic (exact) mass is 231 g/mol. The largest absolute Gasteiger partial charge is 0.388 e. The van der Waals surface area contributed by atoms with E-state index in [-0.39, 0.29) is 6.04 Å². The maximum Gasteiger partial charge on any atom is 0.280 e. The maximum absolute atomic E-state index is 9.44. The second-order valence-electron chi connectivity index (χ2n) is 2.74. The number of aliphatic hydroxyl groups is 1. The molecule has 0 bridgehead atoms. The normalized spacial score (nSPS) is 33.8. The topological polar surface area (TPSA) is 45.1 Å². The summed E-state index contributed by atoms with van der Waals surface area (Å²) in [5.74, 6) is 0. The first-order valence-corrected chi connectivity index (χ1v) is 4.45. The highest BCUT2D eigenvalue weighted by molar-refractivity contribution is 9.12. The predicted molar refractivity (Wildman–Crippen MR) is 46.9 cm³/mol. The highest BCUT2D eigenvalue weighted by Crippen LogP contribution is 2.19. The van der Waals surface area contributed by atoms with Crippen molar-refractivity contribution in [1.82, 2.24) is 5.01 Å². The van der Waals surface area contributed by atoms with Crippen molar-refractivity contribution in [2.45, 2.75) is 12.1 Å². The molecule has 0 aromatic carbocycles. The smallest absolute Gasteiger partial charge is 0.280 e. The molecule has 5 heteroatoms. The molecule has 0 aromatic heterocycles. The van der Waals surface area contributed by atoms with Crippen LogP contribution in [0.1, 0.15) is 0 Å². The van der Waals surface area contributed by atoms with Crippen molar-refractivity contribution in [3.63, 3.8) is 0 Å². The zero-order chi connectivity index (χ0) is 8.55. The van der Waals surface area contributed by atoms with Crippen LogP contribution in [0.3, 0.4) is 0 Å². The van der Waals surface area contributed by atoms with Gasteiger partial charge in [-0.1, -0.05) is 0 Å². The summed E-state index contributed by atoms with van der Waals surface area (Å²) in [6.07, 6.45) is 4.06. The molecule has 2 heterocycles. The average molecular weight is 232 g/mol. The minimum atomic E-state index is -0.454. The lowest BCUT2D eigenvalue weighted by atomic mass is 10.2. The number of hydrogen-bond acceptors (Lipinski definition) is 4. The summed E-state index contributed by atoms with van der Waals surface area (Å²) in [4.78, 5) is 0. The predicted octanol–water partition coefficient (Wildman–Crippen LogP) is 0.161. The Bertz CT molecular complexity index is 242. The van der Waals surface area contributed by atoms with Crippen molar-refractivity contribution in [3.8, 4) is 0 Å². The fourth-order valence-electron chi connectivity index (χ4n) is 1.23. The van der Waals surface area contributed by atoms with Crippen molar-refractivity contribution in [2.75, 3.05) is 13.2 Å². The van der Waals surface area contributed by atoms with Crippen LogP contribution in [0.5, 0.6) is 0 Å². The third-order valence-corrected chi connectivity index (χ3v) is 2.26. The molecular weight excluding hydrogens is 224 g/mol. The van der Waals surface area contributed by atoms with Crippen LogP contribution < -0.4 is 0 Å². The zero-order valence-electron chi connectivity index (χ0n) is 6.27. The number of nitrogens with zero attached hydrogens (tertiary/aromatic N) is 2. The third kappa shape index (κ3) is 1.36. The van der Waals surface area contributed by atoms with Crippen molar-refractivity contribution in [1.29, 1.82) is 0 Å². The number of ether oxygens (including phenoxy) is 1. The third-order valence-electron chi connectivity index (χ3n) is 1.88. The minimum Gasteiger partial charge on any atom is -0.388 e. The highest BCUT2D eigenvalue weighted by atomic mass is 79.9. The zero-order valence-corrected chi connectivity index (χ0v) is 7.86. The number of hydrazone groups is 1. The Kier molecular flexibility index (Phi) is 2.11. The van der Waals surface area contributed by atoms with Gasteiger partial charge in [-0.3, -0.25) is 0 Å². The van der Waals surface area contributed by atoms with Gasteiger partial charge in [-0.25, -0.2) is 0 Å².